The average molecular weight is 122 g/mol. The van der Waals surface area contributed by atoms with Crippen LogP contribution >= 0.6 is 10.2 Å². The Labute approximate surface area is 33.6 Å². The summed E-state index contributed by atoms with van der Waals surface area (Å²) in [6.45, 7) is 0. The van der Waals surface area contributed by atoms with Crippen LogP contribution in [0.4, 0.5) is 0 Å². The van der Waals surface area contributed by atoms with Crippen molar-refractivity contribution in [2.24, 2.45) is 0 Å². The molecular weight excluding hydrogens is 122 g/mol. The van der Waals surface area contributed by atoms with E-state index in [0.29, 0.717) is 13.1 Å². The summed E-state index contributed by atoms with van der Waals surface area (Å²) in [4.78, 5) is 10.3. The molecule has 0 amide bonds. The molecule has 0 unspecified atom stereocenters. The first kappa shape index (κ1) is 4.36. The van der Waals surface area contributed by atoms with E-state index in [0.717, 1.165) is 0 Å². The minimum atomic E-state index is 0.389. The van der Waals surface area contributed by atoms with E-state index in [1.165, 1.54) is 4.86 Å². The molecule has 0 bridgehead atoms. The number of hydrogen-bond acceptors (Lipinski definition) is 1. The molecule has 0 fully saturated rings. The Morgan fingerprint density at radius 1 is 2.00 bits per heavy atom. The number of hydrogen-bond donors (Lipinski definition) is 0. The second-order valence-corrected chi connectivity index (χ2v) is 1.01. The predicted octanol–water partition coefficient (Wildman–Crippen LogP) is 0.290. The van der Waals surface area contributed by atoms with Crippen molar-refractivity contribution in [1.82, 2.24) is 0 Å². The summed E-state index contributed by atoms with van der Waals surface area (Å²) >= 11 is 0.389. The third-order valence-corrected chi connectivity index (χ3v) is 0.302. The van der Waals surface area contributed by atoms with Crippen molar-refractivity contribution in [2.45, 2.75) is 0 Å². The Morgan fingerprint density at radius 3 is 2.25 bits per heavy atom. The van der Waals surface area contributed by atoms with Crippen molar-refractivity contribution in [3.8, 4) is 0 Å². The molecule has 0 spiro atoms. The molecule has 0 aliphatic rings. The fourth-order valence-corrected chi connectivity index (χ4v) is 0. The van der Waals surface area contributed by atoms with Crippen LogP contribution in [-0.4, -0.2) is 4.86 Å². The van der Waals surface area contributed by atoms with Crippen LogP contribution in [0.2, 0.25) is 0 Å². The SMILES string of the molecule is O=[C]=[Ni][Cl]. The summed E-state index contributed by atoms with van der Waals surface area (Å²) in [6, 6.07) is 0. The summed E-state index contributed by atoms with van der Waals surface area (Å²) in [5, 5.41) is 0. The van der Waals surface area contributed by atoms with Crippen LogP contribution in [0.25, 0.3) is 0 Å². The van der Waals surface area contributed by atoms with Gasteiger partial charge in [0.1, 0.15) is 0 Å². The molecule has 0 aliphatic carbocycles. The van der Waals surface area contributed by atoms with E-state index < -0.39 is 0 Å². The molecule has 0 aromatic carbocycles. The van der Waals surface area contributed by atoms with Gasteiger partial charge in [0, 0.05) is 0 Å². The molecule has 0 N–H and O–H groups in total. The number of rotatable bonds is 0. The topological polar surface area (TPSA) is 17.1 Å². The zero-order valence-electron chi connectivity index (χ0n) is 1.60. The molecule has 0 heterocycles. The van der Waals surface area contributed by atoms with Gasteiger partial charge in [-0.05, 0) is 0 Å². The van der Waals surface area contributed by atoms with Crippen molar-refractivity contribution < 1.29 is 17.9 Å². The fourth-order valence-electron chi connectivity index (χ4n) is 0. The van der Waals surface area contributed by atoms with Gasteiger partial charge in [0.2, 0.25) is 0 Å². The zero-order chi connectivity index (χ0) is 3.41. The van der Waals surface area contributed by atoms with Crippen LogP contribution in [0.3, 0.4) is 0 Å². The first-order chi connectivity index (χ1) is 1.91. The van der Waals surface area contributed by atoms with E-state index in [9.17, 15) is 0 Å². The molecule has 0 radical (unpaired) electrons. The van der Waals surface area contributed by atoms with Crippen LogP contribution in [0.1, 0.15) is 0 Å². The van der Waals surface area contributed by atoms with Gasteiger partial charge in [-0.2, -0.15) is 0 Å². The fraction of sp³-hybridized carbons (Fsp3) is 0. The Bertz CT molecular complexity index is 46.0. The molecule has 27 valence electrons. The van der Waals surface area contributed by atoms with Gasteiger partial charge in [0.15, 0.2) is 0 Å². The van der Waals surface area contributed by atoms with E-state index in [2.05, 4.69) is 0 Å². The zero-order valence-corrected chi connectivity index (χ0v) is 3.35. The predicted molar refractivity (Wildman–Crippen MR) is 11.5 cm³/mol. The first-order valence-corrected chi connectivity index (χ1v) is 2.33. The standard InChI is InChI=1S/CO.ClH.Ni/c1-2;;/h;1H;/q;;+1/p-1. The van der Waals surface area contributed by atoms with Gasteiger partial charge in [-0.1, -0.05) is 0 Å². The molecule has 4 heavy (non-hydrogen) atoms. The monoisotopic (exact) mass is 121 g/mol. The van der Waals surface area contributed by atoms with Gasteiger partial charge in [0.05, 0.1) is 0 Å². The van der Waals surface area contributed by atoms with Gasteiger partial charge in [0.25, 0.3) is 0 Å². The summed E-state index contributed by atoms with van der Waals surface area (Å²) in [7, 11) is 4.70. The van der Waals surface area contributed by atoms with Crippen molar-refractivity contribution in [3.05, 3.63) is 0 Å². The van der Waals surface area contributed by atoms with Crippen molar-refractivity contribution in [2.75, 3.05) is 0 Å². The molecular formula is CClNiO. The van der Waals surface area contributed by atoms with Crippen molar-refractivity contribution in [3.63, 3.8) is 0 Å². The molecule has 0 saturated heterocycles. The average Bonchev–Trinajstić information content (AvgIpc) is 1.37. The second kappa shape index (κ2) is 3.36. The molecule has 0 aliphatic heterocycles. The van der Waals surface area contributed by atoms with Gasteiger partial charge in [-0.25, -0.2) is 0 Å². The summed E-state index contributed by atoms with van der Waals surface area (Å²) in [5.41, 5.74) is 0. The van der Waals surface area contributed by atoms with Crippen molar-refractivity contribution in [1.29, 1.82) is 0 Å². The Morgan fingerprint density at radius 2 is 2.25 bits per heavy atom. The molecule has 0 rings (SSSR count). The summed E-state index contributed by atoms with van der Waals surface area (Å²) < 4.78 is 0. The molecule has 0 saturated carbocycles. The van der Waals surface area contributed by atoms with Gasteiger partial charge >= 0.3 is 33.0 Å². The minimum absolute atomic E-state index is 0.389. The first-order valence-electron chi connectivity index (χ1n) is 0.482. The third-order valence-electron chi connectivity index (χ3n) is 0.0244. The van der Waals surface area contributed by atoms with Gasteiger partial charge in [-0.3, -0.25) is 0 Å². The van der Waals surface area contributed by atoms with Crippen molar-refractivity contribution >= 4 is 15.1 Å². The van der Waals surface area contributed by atoms with Gasteiger partial charge < -0.3 is 0 Å². The summed E-state index contributed by atoms with van der Waals surface area (Å²) in [5.74, 6) is 0. The Hall–Kier alpha value is 0.364. The van der Waals surface area contributed by atoms with Crippen LogP contribution in [0.15, 0.2) is 0 Å². The molecule has 0 atom stereocenters. The molecule has 0 aromatic rings. The number of carbonyl (C=O) groups excluding carboxylic acids is 1. The van der Waals surface area contributed by atoms with Crippen LogP contribution in [0.5, 0.6) is 0 Å². The molecule has 0 aromatic heterocycles. The van der Waals surface area contributed by atoms with E-state index in [1.807, 2.05) is 0 Å². The third kappa shape index (κ3) is 2.36. The van der Waals surface area contributed by atoms with Crippen LogP contribution < -0.4 is 0 Å². The quantitative estimate of drug-likeness (QED) is 0.422. The van der Waals surface area contributed by atoms with Gasteiger partial charge in [-0.15, -0.1) is 0 Å². The number of halogens is 1. The van der Waals surface area contributed by atoms with E-state index in [1.54, 1.807) is 0 Å². The maximum atomic E-state index is 8.89. The normalized spacial score (nSPS) is 6.25. The summed E-state index contributed by atoms with van der Waals surface area (Å²) in [6.07, 6.45) is 0. The van der Waals surface area contributed by atoms with Crippen LogP contribution in [-0.2, 0) is 17.9 Å². The van der Waals surface area contributed by atoms with E-state index >= 15 is 0 Å². The van der Waals surface area contributed by atoms with E-state index in [4.69, 9.17) is 15.0 Å². The molecule has 1 nitrogen and oxygen atoms in total. The molecule has 3 heteroatoms. The maximum absolute atomic E-state index is 8.89. The van der Waals surface area contributed by atoms with Crippen LogP contribution in [0, 0.1) is 0 Å². The Kier molecular flexibility index (Phi) is 3.67. The Balaban J connectivity index is 3.11. The van der Waals surface area contributed by atoms with E-state index in [-0.39, 0.29) is 0 Å². The second-order valence-electron chi connectivity index (χ2n) is 0.124.